The van der Waals surface area contributed by atoms with Crippen molar-refractivity contribution >= 4 is 11.6 Å². The van der Waals surface area contributed by atoms with Gasteiger partial charge < -0.3 is 10.4 Å². The van der Waals surface area contributed by atoms with E-state index in [2.05, 4.69) is 5.32 Å². The summed E-state index contributed by atoms with van der Waals surface area (Å²) in [5.74, 6) is -0.0889. The van der Waals surface area contributed by atoms with Crippen molar-refractivity contribution in [1.82, 2.24) is 0 Å². The minimum atomic E-state index is -0.283. The second kappa shape index (κ2) is 4.45. The number of aliphatic hydroxyl groups is 1. The van der Waals surface area contributed by atoms with Crippen LogP contribution in [0.5, 0.6) is 0 Å². The SMILES string of the molecule is CC(=O)Nc1cccc(C(C)(C)CO)c1. The summed E-state index contributed by atoms with van der Waals surface area (Å²) >= 11 is 0. The van der Waals surface area contributed by atoms with Gasteiger partial charge in [0, 0.05) is 18.0 Å². The third-order valence-corrected chi connectivity index (χ3v) is 2.36. The third-order valence-electron chi connectivity index (χ3n) is 2.36. The van der Waals surface area contributed by atoms with Crippen LogP contribution in [0.3, 0.4) is 0 Å². The highest BCUT2D eigenvalue weighted by molar-refractivity contribution is 5.88. The molecule has 0 aliphatic heterocycles. The maximum Gasteiger partial charge on any atom is 0.221 e. The van der Waals surface area contributed by atoms with Gasteiger partial charge in [0.15, 0.2) is 0 Å². The molecule has 2 N–H and O–H groups in total. The van der Waals surface area contributed by atoms with Crippen LogP contribution in [0.4, 0.5) is 5.69 Å². The summed E-state index contributed by atoms with van der Waals surface area (Å²) < 4.78 is 0. The van der Waals surface area contributed by atoms with E-state index >= 15 is 0 Å². The number of anilines is 1. The summed E-state index contributed by atoms with van der Waals surface area (Å²) in [6.45, 7) is 5.47. The molecule has 0 aliphatic rings. The number of carbonyl (C=O) groups is 1. The van der Waals surface area contributed by atoms with Gasteiger partial charge in [0.05, 0.1) is 6.61 Å². The van der Waals surface area contributed by atoms with Crippen LogP contribution in [0.25, 0.3) is 0 Å². The van der Waals surface area contributed by atoms with E-state index in [4.69, 9.17) is 0 Å². The maximum atomic E-state index is 10.9. The number of nitrogens with one attached hydrogen (secondary N) is 1. The first-order valence-corrected chi connectivity index (χ1v) is 4.95. The molecule has 0 radical (unpaired) electrons. The molecule has 1 aromatic carbocycles. The molecule has 1 amide bonds. The number of amides is 1. The Balaban J connectivity index is 2.97. The molecule has 3 heteroatoms. The zero-order valence-electron chi connectivity index (χ0n) is 9.37. The van der Waals surface area contributed by atoms with Crippen molar-refractivity contribution in [3.05, 3.63) is 29.8 Å². The molecule has 3 nitrogen and oxygen atoms in total. The van der Waals surface area contributed by atoms with Crippen LogP contribution in [0, 0.1) is 0 Å². The second-order valence-corrected chi connectivity index (χ2v) is 4.30. The van der Waals surface area contributed by atoms with Gasteiger partial charge in [-0.1, -0.05) is 26.0 Å². The molecular formula is C12H17NO2. The zero-order chi connectivity index (χ0) is 11.5. The highest BCUT2D eigenvalue weighted by Gasteiger charge is 2.19. The largest absolute Gasteiger partial charge is 0.395 e. The predicted molar refractivity (Wildman–Crippen MR) is 60.9 cm³/mol. The number of carbonyl (C=O) groups excluding carboxylic acids is 1. The Morgan fingerprint density at radius 3 is 2.67 bits per heavy atom. The number of benzene rings is 1. The smallest absolute Gasteiger partial charge is 0.221 e. The first-order chi connectivity index (χ1) is 6.95. The van der Waals surface area contributed by atoms with Crippen molar-refractivity contribution in [2.75, 3.05) is 11.9 Å². The Bertz CT molecular complexity index is 358. The van der Waals surface area contributed by atoms with E-state index in [-0.39, 0.29) is 17.9 Å². The van der Waals surface area contributed by atoms with Crippen molar-refractivity contribution < 1.29 is 9.90 Å². The molecule has 1 rings (SSSR count). The number of rotatable bonds is 3. The molecule has 1 aromatic rings. The van der Waals surface area contributed by atoms with Gasteiger partial charge in [0.25, 0.3) is 0 Å². The van der Waals surface area contributed by atoms with E-state index in [0.717, 1.165) is 11.3 Å². The summed E-state index contributed by atoms with van der Waals surface area (Å²) in [7, 11) is 0. The first kappa shape index (κ1) is 11.7. The quantitative estimate of drug-likeness (QED) is 0.795. The van der Waals surface area contributed by atoms with Gasteiger partial charge in [-0.15, -0.1) is 0 Å². The lowest BCUT2D eigenvalue weighted by Gasteiger charge is -2.22. The molecule has 0 heterocycles. The minimum absolute atomic E-state index is 0.0799. The molecule has 0 saturated carbocycles. The highest BCUT2D eigenvalue weighted by Crippen LogP contribution is 2.24. The standard InChI is InChI=1S/C12H17NO2/c1-9(15)13-11-6-4-5-10(7-11)12(2,3)8-14/h4-7,14H,8H2,1-3H3,(H,13,15). The van der Waals surface area contributed by atoms with Gasteiger partial charge in [-0.2, -0.15) is 0 Å². The van der Waals surface area contributed by atoms with E-state index in [1.54, 1.807) is 0 Å². The van der Waals surface area contributed by atoms with E-state index in [9.17, 15) is 9.90 Å². The van der Waals surface area contributed by atoms with Crippen LogP contribution >= 0.6 is 0 Å². The summed E-state index contributed by atoms with van der Waals surface area (Å²) in [6, 6.07) is 7.54. The van der Waals surface area contributed by atoms with Gasteiger partial charge in [-0.3, -0.25) is 4.79 Å². The molecule has 0 aliphatic carbocycles. The fourth-order valence-electron chi connectivity index (χ4n) is 1.31. The maximum absolute atomic E-state index is 10.9. The van der Waals surface area contributed by atoms with E-state index in [0.29, 0.717) is 0 Å². The molecular weight excluding hydrogens is 190 g/mol. The minimum Gasteiger partial charge on any atom is -0.395 e. The Kier molecular flexibility index (Phi) is 3.48. The lowest BCUT2D eigenvalue weighted by atomic mass is 9.85. The van der Waals surface area contributed by atoms with Gasteiger partial charge in [-0.25, -0.2) is 0 Å². The Labute approximate surface area is 90.1 Å². The molecule has 0 unspecified atom stereocenters. The van der Waals surface area contributed by atoms with Gasteiger partial charge >= 0.3 is 0 Å². The lowest BCUT2D eigenvalue weighted by molar-refractivity contribution is -0.114. The normalized spacial score (nSPS) is 11.2. The van der Waals surface area contributed by atoms with E-state index in [1.165, 1.54) is 6.92 Å². The van der Waals surface area contributed by atoms with E-state index < -0.39 is 0 Å². The molecule has 82 valence electrons. The third kappa shape index (κ3) is 3.06. The molecule has 0 atom stereocenters. The lowest BCUT2D eigenvalue weighted by Crippen LogP contribution is -2.22. The number of hydrogen-bond donors (Lipinski definition) is 2. The average molecular weight is 207 g/mol. The Morgan fingerprint density at radius 2 is 2.13 bits per heavy atom. The van der Waals surface area contributed by atoms with Crippen LogP contribution in [0.15, 0.2) is 24.3 Å². The number of hydrogen-bond acceptors (Lipinski definition) is 2. The van der Waals surface area contributed by atoms with Crippen molar-refractivity contribution in [1.29, 1.82) is 0 Å². The fraction of sp³-hybridized carbons (Fsp3) is 0.417. The highest BCUT2D eigenvalue weighted by atomic mass is 16.3. The van der Waals surface area contributed by atoms with Gasteiger partial charge in [-0.05, 0) is 17.7 Å². The average Bonchev–Trinajstić information content (AvgIpc) is 2.17. The fourth-order valence-corrected chi connectivity index (χ4v) is 1.31. The summed E-state index contributed by atoms with van der Waals surface area (Å²) in [4.78, 5) is 10.9. The van der Waals surface area contributed by atoms with Crippen LogP contribution in [-0.4, -0.2) is 17.6 Å². The van der Waals surface area contributed by atoms with Gasteiger partial charge in [0.1, 0.15) is 0 Å². The summed E-state index contributed by atoms with van der Waals surface area (Å²) in [6.07, 6.45) is 0. The topological polar surface area (TPSA) is 49.3 Å². The second-order valence-electron chi connectivity index (χ2n) is 4.30. The molecule has 0 bridgehead atoms. The Morgan fingerprint density at radius 1 is 1.47 bits per heavy atom. The molecule has 15 heavy (non-hydrogen) atoms. The van der Waals surface area contributed by atoms with Crippen molar-refractivity contribution in [2.45, 2.75) is 26.2 Å². The number of aliphatic hydroxyl groups excluding tert-OH is 1. The summed E-state index contributed by atoms with van der Waals surface area (Å²) in [5.41, 5.74) is 1.49. The Hall–Kier alpha value is -1.35. The van der Waals surface area contributed by atoms with Crippen molar-refractivity contribution in [2.24, 2.45) is 0 Å². The first-order valence-electron chi connectivity index (χ1n) is 4.95. The molecule has 0 spiro atoms. The van der Waals surface area contributed by atoms with Crippen molar-refractivity contribution in [3.8, 4) is 0 Å². The molecule has 0 aromatic heterocycles. The van der Waals surface area contributed by atoms with Crippen LogP contribution < -0.4 is 5.32 Å². The monoisotopic (exact) mass is 207 g/mol. The van der Waals surface area contributed by atoms with Crippen LogP contribution in [0.2, 0.25) is 0 Å². The predicted octanol–water partition coefficient (Wildman–Crippen LogP) is 1.91. The van der Waals surface area contributed by atoms with Gasteiger partial charge in [0.2, 0.25) is 5.91 Å². The molecule has 0 saturated heterocycles. The summed E-state index contributed by atoms with van der Waals surface area (Å²) in [5, 5.41) is 12.0. The van der Waals surface area contributed by atoms with Crippen LogP contribution in [0.1, 0.15) is 26.3 Å². The zero-order valence-corrected chi connectivity index (χ0v) is 9.37. The van der Waals surface area contributed by atoms with Crippen LogP contribution in [-0.2, 0) is 10.2 Å². The van der Waals surface area contributed by atoms with E-state index in [1.807, 2.05) is 38.1 Å². The van der Waals surface area contributed by atoms with Crippen molar-refractivity contribution in [3.63, 3.8) is 0 Å². The molecule has 0 fully saturated rings.